The molecule has 2 aromatic rings. The topological polar surface area (TPSA) is 74.2 Å². The van der Waals surface area contributed by atoms with E-state index in [1.807, 2.05) is 0 Å². The van der Waals surface area contributed by atoms with Gasteiger partial charge in [0.25, 0.3) is 5.89 Å². The number of hydrogen-bond acceptors (Lipinski definition) is 5. The molecule has 0 aliphatic heterocycles. The van der Waals surface area contributed by atoms with Crippen molar-refractivity contribution < 1.29 is 18.0 Å². The standard InChI is InChI=1S/C12H13F2N3O2/c1-6-3-4-7(13)9(10(6)14)12-16-11(17-19-12)8(15)5-18-2/h3-4,8H,5,15H2,1-2H3. The molecule has 2 rings (SSSR count). The number of nitrogens with zero attached hydrogens (tertiary/aromatic N) is 2. The van der Waals surface area contributed by atoms with Crippen molar-refractivity contribution >= 4 is 0 Å². The summed E-state index contributed by atoms with van der Waals surface area (Å²) in [6.07, 6.45) is 0. The first-order valence-corrected chi connectivity index (χ1v) is 5.57. The number of aryl methyl sites for hydroxylation is 1. The van der Waals surface area contributed by atoms with Crippen molar-refractivity contribution in [1.82, 2.24) is 10.1 Å². The summed E-state index contributed by atoms with van der Waals surface area (Å²) in [6, 6.07) is 1.87. The molecule has 1 heterocycles. The molecule has 1 aromatic heterocycles. The van der Waals surface area contributed by atoms with Crippen LogP contribution < -0.4 is 5.73 Å². The molecule has 102 valence electrons. The fourth-order valence-electron chi connectivity index (χ4n) is 1.59. The molecule has 1 aromatic carbocycles. The number of methoxy groups -OCH3 is 1. The zero-order chi connectivity index (χ0) is 14.0. The van der Waals surface area contributed by atoms with Crippen molar-refractivity contribution in [1.29, 1.82) is 0 Å². The van der Waals surface area contributed by atoms with Gasteiger partial charge in [-0.25, -0.2) is 8.78 Å². The van der Waals surface area contributed by atoms with Crippen molar-refractivity contribution in [3.63, 3.8) is 0 Å². The van der Waals surface area contributed by atoms with Crippen molar-refractivity contribution in [3.05, 3.63) is 35.2 Å². The predicted octanol–water partition coefficient (Wildman–Crippen LogP) is 1.97. The van der Waals surface area contributed by atoms with Crippen LogP contribution in [0.4, 0.5) is 8.78 Å². The van der Waals surface area contributed by atoms with E-state index < -0.39 is 17.7 Å². The van der Waals surface area contributed by atoms with Gasteiger partial charge in [0.15, 0.2) is 5.82 Å². The number of nitrogens with two attached hydrogens (primary N) is 1. The van der Waals surface area contributed by atoms with Gasteiger partial charge in [-0.15, -0.1) is 0 Å². The second-order valence-corrected chi connectivity index (χ2v) is 4.07. The Morgan fingerprint density at radius 2 is 2.16 bits per heavy atom. The van der Waals surface area contributed by atoms with Crippen LogP contribution in [0, 0.1) is 18.6 Å². The lowest BCUT2D eigenvalue weighted by Gasteiger charge is -2.04. The minimum atomic E-state index is -0.765. The Balaban J connectivity index is 2.41. The van der Waals surface area contributed by atoms with Gasteiger partial charge in [-0.05, 0) is 18.6 Å². The summed E-state index contributed by atoms with van der Waals surface area (Å²) in [6.45, 7) is 1.70. The van der Waals surface area contributed by atoms with Gasteiger partial charge >= 0.3 is 0 Å². The van der Waals surface area contributed by atoms with E-state index in [0.717, 1.165) is 6.07 Å². The molecule has 7 heteroatoms. The molecule has 0 fully saturated rings. The molecule has 0 amide bonds. The van der Waals surface area contributed by atoms with Crippen LogP contribution in [-0.2, 0) is 4.74 Å². The molecular weight excluding hydrogens is 256 g/mol. The second-order valence-electron chi connectivity index (χ2n) is 4.07. The highest BCUT2D eigenvalue weighted by Gasteiger charge is 2.21. The van der Waals surface area contributed by atoms with E-state index in [0.29, 0.717) is 0 Å². The van der Waals surface area contributed by atoms with Crippen molar-refractivity contribution in [3.8, 4) is 11.5 Å². The smallest absolute Gasteiger partial charge is 0.263 e. The van der Waals surface area contributed by atoms with Crippen LogP contribution in [0.2, 0.25) is 0 Å². The number of hydrogen-bond donors (Lipinski definition) is 1. The Labute approximate surface area is 108 Å². The van der Waals surface area contributed by atoms with Crippen molar-refractivity contribution in [2.75, 3.05) is 13.7 Å². The second kappa shape index (κ2) is 5.41. The molecule has 0 bridgehead atoms. The molecule has 1 unspecified atom stereocenters. The maximum Gasteiger partial charge on any atom is 0.263 e. The first kappa shape index (κ1) is 13.6. The molecule has 0 saturated carbocycles. The maximum atomic E-state index is 13.9. The largest absolute Gasteiger partial charge is 0.383 e. The zero-order valence-corrected chi connectivity index (χ0v) is 10.5. The van der Waals surface area contributed by atoms with Crippen molar-refractivity contribution in [2.45, 2.75) is 13.0 Å². The number of halogens is 2. The summed E-state index contributed by atoms with van der Waals surface area (Å²) in [5, 5.41) is 3.60. The summed E-state index contributed by atoms with van der Waals surface area (Å²) < 4.78 is 37.2. The van der Waals surface area contributed by atoms with Crippen LogP contribution in [0.5, 0.6) is 0 Å². The van der Waals surface area contributed by atoms with Gasteiger partial charge in [0.1, 0.15) is 17.2 Å². The minimum Gasteiger partial charge on any atom is -0.383 e. The van der Waals surface area contributed by atoms with E-state index in [4.69, 9.17) is 15.0 Å². The zero-order valence-electron chi connectivity index (χ0n) is 10.5. The Hall–Kier alpha value is -1.86. The summed E-state index contributed by atoms with van der Waals surface area (Å²) in [5.41, 5.74) is 5.65. The van der Waals surface area contributed by atoms with Crippen LogP contribution in [0.3, 0.4) is 0 Å². The highest BCUT2D eigenvalue weighted by atomic mass is 19.1. The van der Waals surface area contributed by atoms with Gasteiger partial charge in [0.05, 0.1) is 12.6 Å². The molecule has 5 nitrogen and oxygen atoms in total. The molecule has 0 aliphatic carbocycles. The van der Waals surface area contributed by atoms with Gasteiger partial charge < -0.3 is 15.0 Å². The molecule has 0 radical (unpaired) electrons. The quantitative estimate of drug-likeness (QED) is 0.918. The third kappa shape index (κ3) is 2.61. The lowest BCUT2D eigenvalue weighted by atomic mass is 10.1. The van der Waals surface area contributed by atoms with Crippen LogP contribution in [0.25, 0.3) is 11.5 Å². The fraction of sp³-hybridized carbons (Fsp3) is 0.333. The van der Waals surface area contributed by atoms with Crippen molar-refractivity contribution in [2.24, 2.45) is 5.73 Å². The van der Waals surface area contributed by atoms with Gasteiger partial charge in [0, 0.05) is 7.11 Å². The third-order valence-electron chi connectivity index (χ3n) is 2.62. The molecular formula is C12H13F2N3O2. The first-order valence-electron chi connectivity index (χ1n) is 5.57. The summed E-state index contributed by atoms with van der Waals surface area (Å²) in [5.74, 6) is -1.59. The van der Waals surface area contributed by atoms with Crippen LogP contribution in [-0.4, -0.2) is 23.9 Å². The molecule has 0 spiro atoms. The van der Waals surface area contributed by atoms with Gasteiger partial charge in [-0.2, -0.15) is 4.98 Å². The predicted molar refractivity (Wildman–Crippen MR) is 63.2 cm³/mol. The average molecular weight is 269 g/mol. The number of rotatable bonds is 4. The van der Waals surface area contributed by atoms with E-state index in [-0.39, 0.29) is 29.4 Å². The molecule has 0 saturated heterocycles. The average Bonchev–Trinajstić information content (AvgIpc) is 2.84. The lowest BCUT2D eigenvalue weighted by Crippen LogP contribution is -2.17. The first-order chi connectivity index (χ1) is 9.04. The monoisotopic (exact) mass is 269 g/mol. The summed E-state index contributed by atoms with van der Waals surface area (Å²) >= 11 is 0. The normalized spacial score (nSPS) is 12.7. The van der Waals surface area contributed by atoms with Crippen LogP contribution >= 0.6 is 0 Å². The minimum absolute atomic E-state index is 0.136. The van der Waals surface area contributed by atoms with E-state index in [2.05, 4.69) is 10.1 Å². The Morgan fingerprint density at radius 3 is 2.84 bits per heavy atom. The molecule has 0 aliphatic rings. The molecule has 19 heavy (non-hydrogen) atoms. The Bertz CT molecular complexity index is 586. The van der Waals surface area contributed by atoms with E-state index >= 15 is 0 Å². The van der Waals surface area contributed by atoms with Crippen LogP contribution in [0.1, 0.15) is 17.4 Å². The summed E-state index contributed by atoms with van der Waals surface area (Å²) in [7, 11) is 1.47. The Morgan fingerprint density at radius 1 is 1.42 bits per heavy atom. The van der Waals surface area contributed by atoms with Gasteiger partial charge in [-0.3, -0.25) is 0 Å². The maximum absolute atomic E-state index is 13.9. The number of ether oxygens (including phenoxy) is 1. The van der Waals surface area contributed by atoms with E-state index in [1.54, 1.807) is 0 Å². The highest BCUT2D eigenvalue weighted by Crippen LogP contribution is 2.27. The third-order valence-corrected chi connectivity index (χ3v) is 2.62. The summed E-state index contributed by atoms with van der Waals surface area (Å²) in [4.78, 5) is 3.90. The number of benzene rings is 1. The van der Waals surface area contributed by atoms with Crippen LogP contribution in [0.15, 0.2) is 16.7 Å². The molecule has 2 N–H and O–H groups in total. The number of aromatic nitrogens is 2. The Kier molecular flexibility index (Phi) is 3.87. The fourth-order valence-corrected chi connectivity index (χ4v) is 1.59. The van der Waals surface area contributed by atoms with Gasteiger partial charge in [-0.1, -0.05) is 11.2 Å². The van der Waals surface area contributed by atoms with E-state index in [9.17, 15) is 8.78 Å². The highest BCUT2D eigenvalue weighted by molar-refractivity contribution is 5.56. The van der Waals surface area contributed by atoms with Gasteiger partial charge in [0.2, 0.25) is 0 Å². The molecule has 1 atom stereocenters. The van der Waals surface area contributed by atoms with E-state index in [1.165, 1.54) is 20.1 Å². The lowest BCUT2D eigenvalue weighted by molar-refractivity contribution is 0.177. The SMILES string of the molecule is COCC(N)c1noc(-c2c(F)ccc(C)c2F)n1.